The van der Waals surface area contributed by atoms with Crippen LogP contribution in [-0.2, 0) is 4.79 Å². The third-order valence-corrected chi connectivity index (χ3v) is 2.83. The Morgan fingerprint density at radius 3 is 2.28 bits per heavy atom. The molecule has 0 aromatic heterocycles. The third kappa shape index (κ3) is 2.37. The molecule has 0 bridgehead atoms. The lowest BCUT2D eigenvalue weighted by atomic mass is 10.1. The van der Waals surface area contributed by atoms with Gasteiger partial charge in [0.05, 0.1) is 24.8 Å². The van der Waals surface area contributed by atoms with E-state index >= 15 is 0 Å². The second-order valence-electron chi connectivity index (χ2n) is 5.33. The van der Waals surface area contributed by atoms with Gasteiger partial charge in [0.1, 0.15) is 5.75 Å². The average molecular weight is 246 g/mol. The van der Waals surface area contributed by atoms with E-state index in [1.54, 1.807) is 12.1 Å². The molecule has 4 nitrogen and oxygen atoms in total. The zero-order chi connectivity index (χ0) is 13.3. The summed E-state index contributed by atoms with van der Waals surface area (Å²) >= 11 is 0. The lowest BCUT2D eigenvalue weighted by Crippen LogP contribution is -2.38. The number of rotatable bonds is 2. The van der Waals surface area contributed by atoms with Crippen molar-refractivity contribution in [3.63, 3.8) is 0 Å². The molecule has 0 saturated heterocycles. The second-order valence-corrected chi connectivity index (χ2v) is 5.33. The number of nitrogens with zero attached hydrogens (tertiary/aromatic N) is 2. The highest BCUT2D eigenvalue weighted by Crippen LogP contribution is 2.24. The molecule has 0 saturated carbocycles. The molecule has 2 rings (SSSR count). The predicted octanol–water partition coefficient (Wildman–Crippen LogP) is 2.43. The summed E-state index contributed by atoms with van der Waals surface area (Å²) in [5.74, 6) is 0.852. The summed E-state index contributed by atoms with van der Waals surface area (Å²) in [7, 11) is 1.63. The highest BCUT2D eigenvalue weighted by atomic mass is 16.5. The Kier molecular flexibility index (Phi) is 3.11. The molecule has 0 radical (unpaired) electrons. The maximum atomic E-state index is 11.9. The van der Waals surface area contributed by atoms with E-state index in [4.69, 9.17) is 4.74 Å². The number of carbonyl (C=O) groups excluding carboxylic acids is 1. The topological polar surface area (TPSA) is 41.9 Å². The largest absolute Gasteiger partial charge is 0.497 e. The third-order valence-electron chi connectivity index (χ3n) is 2.83. The molecule has 1 heterocycles. The van der Waals surface area contributed by atoms with Gasteiger partial charge in [0.2, 0.25) is 5.91 Å². The zero-order valence-corrected chi connectivity index (χ0v) is 11.2. The molecule has 0 unspecified atom stereocenters. The summed E-state index contributed by atoms with van der Waals surface area (Å²) in [5, 5.41) is 5.99. The first-order valence-electron chi connectivity index (χ1n) is 5.97. The molecule has 0 N–H and O–H groups in total. The van der Waals surface area contributed by atoms with Gasteiger partial charge in [-0.05, 0) is 50.6 Å². The van der Waals surface area contributed by atoms with E-state index in [0.29, 0.717) is 6.42 Å². The van der Waals surface area contributed by atoms with Crippen LogP contribution in [0.3, 0.4) is 0 Å². The molecule has 1 aliphatic heterocycles. The van der Waals surface area contributed by atoms with Crippen molar-refractivity contribution in [2.75, 3.05) is 7.11 Å². The van der Waals surface area contributed by atoms with E-state index in [0.717, 1.165) is 17.0 Å². The van der Waals surface area contributed by atoms with Crippen LogP contribution in [0.4, 0.5) is 0 Å². The van der Waals surface area contributed by atoms with Gasteiger partial charge >= 0.3 is 0 Å². The van der Waals surface area contributed by atoms with Crippen LogP contribution < -0.4 is 4.74 Å². The van der Waals surface area contributed by atoms with Gasteiger partial charge in [-0.15, -0.1) is 0 Å². The Balaban J connectivity index is 2.26. The van der Waals surface area contributed by atoms with Gasteiger partial charge in [-0.1, -0.05) is 0 Å². The average Bonchev–Trinajstić information content (AvgIpc) is 2.71. The minimum absolute atomic E-state index is 0.0494. The van der Waals surface area contributed by atoms with Gasteiger partial charge in [-0.3, -0.25) is 4.79 Å². The summed E-state index contributed by atoms with van der Waals surface area (Å²) in [6, 6.07) is 7.61. The first kappa shape index (κ1) is 12.6. The molecular weight excluding hydrogens is 228 g/mol. The molecule has 0 aliphatic carbocycles. The van der Waals surface area contributed by atoms with Crippen molar-refractivity contribution in [2.24, 2.45) is 5.10 Å². The molecule has 0 fully saturated rings. The van der Waals surface area contributed by atoms with Crippen LogP contribution in [-0.4, -0.2) is 29.3 Å². The van der Waals surface area contributed by atoms with Crippen LogP contribution in [0, 0.1) is 0 Å². The van der Waals surface area contributed by atoms with E-state index in [1.165, 1.54) is 0 Å². The predicted molar refractivity (Wildman–Crippen MR) is 70.7 cm³/mol. The van der Waals surface area contributed by atoms with Crippen LogP contribution in [0.1, 0.15) is 32.8 Å². The van der Waals surface area contributed by atoms with E-state index in [2.05, 4.69) is 5.10 Å². The number of methoxy groups -OCH3 is 1. The van der Waals surface area contributed by atoms with Gasteiger partial charge in [0.25, 0.3) is 0 Å². The van der Waals surface area contributed by atoms with E-state index < -0.39 is 0 Å². The smallest absolute Gasteiger partial charge is 0.249 e. The number of carbonyl (C=O) groups is 1. The van der Waals surface area contributed by atoms with Crippen molar-refractivity contribution in [3.05, 3.63) is 29.8 Å². The highest BCUT2D eigenvalue weighted by Gasteiger charge is 2.32. The fraction of sp³-hybridized carbons (Fsp3) is 0.429. The fourth-order valence-corrected chi connectivity index (χ4v) is 1.90. The Labute approximate surface area is 107 Å². The van der Waals surface area contributed by atoms with Crippen molar-refractivity contribution in [1.82, 2.24) is 5.01 Å². The second kappa shape index (κ2) is 4.44. The van der Waals surface area contributed by atoms with Crippen LogP contribution in [0.25, 0.3) is 0 Å². The first-order valence-corrected chi connectivity index (χ1v) is 5.97. The minimum Gasteiger partial charge on any atom is -0.497 e. The summed E-state index contributed by atoms with van der Waals surface area (Å²) in [5.41, 5.74) is 1.51. The molecule has 96 valence electrons. The fourth-order valence-electron chi connectivity index (χ4n) is 1.90. The number of benzene rings is 1. The Morgan fingerprint density at radius 2 is 1.83 bits per heavy atom. The van der Waals surface area contributed by atoms with Crippen LogP contribution in [0.15, 0.2) is 29.4 Å². The molecular formula is C14H18N2O2. The standard InChI is InChI=1S/C14H18N2O2/c1-14(2,3)16-13(17)9-12(15-16)10-5-7-11(18-4)8-6-10/h5-8H,9H2,1-4H3. The molecule has 1 aromatic carbocycles. The maximum Gasteiger partial charge on any atom is 0.249 e. The van der Waals surface area contributed by atoms with Gasteiger partial charge in [-0.2, -0.15) is 5.10 Å². The lowest BCUT2D eigenvalue weighted by molar-refractivity contribution is -0.133. The molecule has 4 heteroatoms. The normalized spacial score (nSPS) is 15.9. The Bertz CT molecular complexity index is 484. The minimum atomic E-state index is -0.273. The molecule has 1 aromatic rings. The van der Waals surface area contributed by atoms with Gasteiger partial charge in [0.15, 0.2) is 0 Å². The molecule has 18 heavy (non-hydrogen) atoms. The summed E-state index contributed by atoms with van der Waals surface area (Å²) in [6.07, 6.45) is 0.365. The van der Waals surface area contributed by atoms with Crippen LogP contribution in [0.5, 0.6) is 5.75 Å². The van der Waals surface area contributed by atoms with Crippen molar-refractivity contribution in [2.45, 2.75) is 32.7 Å². The highest BCUT2D eigenvalue weighted by molar-refractivity contribution is 6.13. The van der Waals surface area contributed by atoms with E-state index in [9.17, 15) is 4.79 Å². The van der Waals surface area contributed by atoms with Crippen molar-refractivity contribution in [3.8, 4) is 5.75 Å². The zero-order valence-electron chi connectivity index (χ0n) is 11.2. The van der Waals surface area contributed by atoms with Crippen LogP contribution >= 0.6 is 0 Å². The summed E-state index contributed by atoms with van der Waals surface area (Å²) in [6.45, 7) is 5.93. The summed E-state index contributed by atoms with van der Waals surface area (Å²) < 4.78 is 5.11. The first-order chi connectivity index (χ1) is 8.41. The number of amides is 1. The van der Waals surface area contributed by atoms with Crippen molar-refractivity contribution in [1.29, 1.82) is 0 Å². The molecule has 0 spiro atoms. The maximum absolute atomic E-state index is 11.9. The molecule has 1 amide bonds. The van der Waals surface area contributed by atoms with Crippen LogP contribution in [0.2, 0.25) is 0 Å². The van der Waals surface area contributed by atoms with Gasteiger partial charge < -0.3 is 4.74 Å². The number of hydrazone groups is 1. The monoisotopic (exact) mass is 246 g/mol. The van der Waals surface area contributed by atoms with E-state index in [-0.39, 0.29) is 11.4 Å². The number of ether oxygens (including phenoxy) is 1. The SMILES string of the molecule is COc1ccc(C2=NN(C(C)(C)C)C(=O)C2)cc1. The van der Waals surface area contributed by atoms with Crippen molar-refractivity contribution < 1.29 is 9.53 Å². The molecule has 0 atom stereocenters. The van der Waals surface area contributed by atoms with Crippen molar-refractivity contribution >= 4 is 11.6 Å². The lowest BCUT2D eigenvalue weighted by Gasteiger charge is -2.27. The Hall–Kier alpha value is -1.84. The Morgan fingerprint density at radius 1 is 1.22 bits per heavy atom. The quantitative estimate of drug-likeness (QED) is 0.804. The number of hydrogen-bond donors (Lipinski definition) is 0. The summed E-state index contributed by atoms with van der Waals surface area (Å²) in [4.78, 5) is 11.9. The van der Waals surface area contributed by atoms with Gasteiger partial charge in [0, 0.05) is 0 Å². The van der Waals surface area contributed by atoms with Gasteiger partial charge in [-0.25, -0.2) is 5.01 Å². The van der Waals surface area contributed by atoms with E-state index in [1.807, 2.05) is 45.0 Å². The molecule has 1 aliphatic rings. The number of hydrogen-bond acceptors (Lipinski definition) is 3.